The van der Waals surface area contributed by atoms with Crippen LogP contribution in [0, 0.1) is 11.6 Å². The molecular formula is C14H19F2NS. The van der Waals surface area contributed by atoms with Crippen molar-refractivity contribution in [1.82, 2.24) is 5.32 Å². The van der Waals surface area contributed by atoms with Crippen LogP contribution in [0.15, 0.2) is 12.1 Å². The number of hydrogen-bond acceptors (Lipinski definition) is 2. The Hall–Kier alpha value is -0.610. The minimum absolute atomic E-state index is 0.00333. The van der Waals surface area contributed by atoms with Crippen LogP contribution in [-0.4, -0.2) is 11.3 Å². The van der Waals surface area contributed by atoms with E-state index in [1.807, 2.05) is 0 Å². The summed E-state index contributed by atoms with van der Waals surface area (Å²) in [4.78, 5) is 0. The van der Waals surface area contributed by atoms with Gasteiger partial charge in [0.1, 0.15) is 11.6 Å². The fourth-order valence-electron chi connectivity index (χ4n) is 2.39. The van der Waals surface area contributed by atoms with Crippen molar-refractivity contribution < 1.29 is 8.78 Å². The highest BCUT2D eigenvalue weighted by molar-refractivity contribution is 8.00. The zero-order valence-electron chi connectivity index (χ0n) is 11.0. The van der Waals surface area contributed by atoms with Crippen LogP contribution in [0.2, 0.25) is 0 Å². The van der Waals surface area contributed by atoms with Gasteiger partial charge in [-0.3, -0.25) is 0 Å². The highest BCUT2D eigenvalue weighted by Gasteiger charge is 2.37. The summed E-state index contributed by atoms with van der Waals surface area (Å²) in [6.07, 6.45) is 1.00. The highest BCUT2D eigenvalue weighted by Crippen LogP contribution is 2.46. The molecule has 2 rings (SSSR count). The van der Waals surface area contributed by atoms with Gasteiger partial charge in [0.2, 0.25) is 0 Å². The monoisotopic (exact) mass is 271 g/mol. The van der Waals surface area contributed by atoms with Gasteiger partial charge in [-0.15, -0.1) is 11.8 Å². The molecule has 1 atom stereocenters. The van der Waals surface area contributed by atoms with Crippen molar-refractivity contribution in [3.8, 4) is 0 Å². The molecule has 1 aromatic rings. The fraction of sp³-hybridized carbons (Fsp3) is 0.571. The first-order chi connectivity index (χ1) is 8.45. The number of thioether (sulfide) groups is 1. The van der Waals surface area contributed by atoms with E-state index in [0.717, 1.165) is 24.6 Å². The molecule has 1 aliphatic rings. The second-order valence-corrected chi connectivity index (χ2v) is 6.86. The van der Waals surface area contributed by atoms with E-state index < -0.39 is 11.6 Å². The Kier molecular flexibility index (Phi) is 3.97. The standard InChI is InChI=1S/C14H19F2NS/c1-4-5-17-13-10-6-9(15)7-12(16)11(10)8-18-14(13,2)3/h6-7,13,17H,4-5,8H2,1-3H3. The van der Waals surface area contributed by atoms with E-state index in [9.17, 15) is 8.78 Å². The van der Waals surface area contributed by atoms with Gasteiger partial charge in [-0.25, -0.2) is 8.78 Å². The van der Waals surface area contributed by atoms with Gasteiger partial charge in [0.25, 0.3) is 0 Å². The smallest absolute Gasteiger partial charge is 0.130 e. The second-order valence-electron chi connectivity index (χ2n) is 5.23. The summed E-state index contributed by atoms with van der Waals surface area (Å²) in [5.74, 6) is -0.299. The number of fused-ring (bicyclic) bond motifs is 1. The van der Waals surface area contributed by atoms with Gasteiger partial charge in [-0.2, -0.15) is 0 Å². The molecule has 0 spiro atoms. The van der Waals surface area contributed by atoms with Gasteiger partial charge in [0.15, 0.2) is 0 Å². The number of nitrogens with one attached hydrogen (secondary N) is 1. The summed E-state index contributed by atoms with van der Waals surface area (Å²) in [6.45, 7) is 7.18. The molecule has 0 amide bonds. The van der Waals surface area contributed by atoms with E-state index in [2.05, 4.69) is 26.1 Å². The third-order valence-electron chi connectivity index (χ3n) is 3.39. The lowest BCUT2D eigenvalue weighted by Crippen LogP contribution is -2.40. The van der Waals surface area contributed by atoms with Crippen molar-refractivity contribution in [2.75, 3.05) is 6.54 Å². The zero-order chi connectivity index (χ0) is 13.3. The molecule has 0 aliphatic carbocycles. The molecule has 0 bridgehead atoms. The molecule has 1 heterocycles. The summed E-state index contributed by atoms with van der Waals surface area (Å²) in [6, 6.07) is 2.46. The van der Waals surface area contributed by atoms with Crippen molar-refractivity contribution in [1.29, 1.82) is 0 Å². The normalized spacial score (nSPS) is 21.7. The minimum Gasteiger partial charge on any atom is -0.309 e. The number of rotatable bonds is 3. The molecule has 1 aliphatic heterocycles. The first kappa shape index (κ1) is 13.8. The SMILES string of the molecule is CCCNC1c2cc(F)cc(F)c2CSC1(C)C. The minimum atomic E-state index is -0.489. The molecule has 100 valence electrons. The van der Waals surface area contributed by atoms with Crippen LogP contribution < -0.4 is 5.32 Å². The van der Waals surface area contributed by atoms with Crippen molar-refractivity contribution in [2.45, 2.75) is 43.7 Å². The Morgan fingerprint density at radius 2 is 2.11 bits per heavy atom. The first-order valence-corrected chi connectivity index (χ1v) is 7.29. The van der Waals surface area contributed by atoms with E-state index in [0.29, 0.717) is 11.3 Å². The molecule has 1 aromatic carbocycles. The summed E-state index contributed by atoms with van der Waals surface area (Å²) in [7, 11) is 0. The lowest BCUT2D eigenvalue weighted by molar-refractivity contribution is 0.431. The predicted octanol–water partition coefficient (Wildman–Crippen LogP) is 4.03. The first-order valence-electron chi connectivity index (χ1n) is 6.31. The van der Waals surface area contributed by atoms with Gasteiger partial charge in [-0.1, -0.05) is 6.92 Å². The quantitative estimate of drug-likeness (QED) is 0.890. The average molecular weight is 271 g/mol. The van der Waals surface area contributed by atoms with Crippen molar-refractivity contribution in [2.24, 2.45) is 0 Å². The second kappa shape index (κ2) is 5.17. The highest BCUT2D eigenvalue weighted by atomic mass is 32.2. The maximum absolute atomic E-state index is 13.8. The van der Waals surface area contributed by atoms with Crippen LogP contribution in [0.3, 0.4) is 0 Å². The maximum atomic E-state index is 13.8. The summed E-state index contributed by atoms with van der Waals surface area (Å²) >= 11 is 1.72. The van der Waals surface area contributed by atoms with E-state index in [1.165, 1.54) is 6.07 Å². The summed E-state index contributed by atoms with van der Waals surface area (Å²) < 4.78 is 27.2. The Morgan fingerprint density at radius 1 is 1.39 bits per heavy atom. The van der Waals surface area contributed by atoms with E-state index >= 15 is 0 Å². The number of hydrogen-bond donors (Lipinski definition) is 1. The Labute approximate surface area is 111 Å². The Morgan fingerprint density at radius 3 is 2.78 bits per heavy atom. The molecule has 18 heavy (non-hydrogen) atoms. The van der Waals surface area contributed by atoms with Gasteiger partial charge in [0.05, 0.1) is 0 Å². The lowest BCUT2D eigenvalue weighted by atomic mass is 9.90. The predicted molar refractivity (Wildman–Crippen MR) is 72.8 cm³/mol. The third kappa shape index (κ3) is 2.54. The van der Waals surface area contributed by atoms with E-state index in [-0.39, 0.29) is 10.8 Å². The van der Waals surface area contributed by atoms with Gasteiger partial charge < -0.3 is 5.32 Å². The molecule has 0 radical (unpaired) electrons. The molecule has 1 unspecified atom stereocenters. The molecule has 0 aromatic heterocycles. The average Bonchev–Trinajstić information content (AvgIpc) is 2.26. The largest absolute Gasteiger partial charge is 0.309 e. The molecule has 1 N–H and O–H groups in total. The Bertz CT molecular complexity index is 446. The molecule has 1 nitrogen and oxygen atoms in total. The number of halogens is 2. The molecular weight excluding hydrogens is 252 g/mol. The van der Waals surface area contributed by atoms with E-state index in [4.69, 9.17) is 0 Å². The molecule has 4 heteroatoms. The van der Waals surface area contributed by atoms with Crippen LogP contribution in [0.5, 0.6) is 0 Å². The summed E-state index contributed by atoms with van der Waals surface area (Å²) in [5, 5.41) is 3.42. The maximum Gasteiger partial charge on any atom is 0.130 e. The van der Waals surface area contributed by atoms with Gasteiger partial charge >= 0.3 is 0 Å². The summed E-state index contributed by atoms with van der Waals surface area (Å²) in [5.41, 5.74) is 1.43. The number of benzene rings is 1. The molecule has 0 fully saturated rings. The molecule has 0 saturated heterocycles. The van der Waals surface area contributed by atoms with Crippen LogP contribution >= 0.6 is 11.8 Å². The third-order valence-corrected chi connectivity index (χ3v) is 4.80. The van der Waals surface area contributed by atoms with Crippen LogP contribution in [0.25, 0.3) is 0 Å². The van der Waals surface area contributed by atoms with Crippen molar-refractivity contribution >= 4 is 11.8 Å². The van der Waals surface area contributed by atoms with Crippen molar-refractivity contribution in [3.05, 3.63) is 34.9 Å². The van der Waals surface area contributed by atoms with Gasteiger partial charge in [-0.05, 0) is 38.4 Å². The van der Waals surface area contributed by atoms with Crippen LogP contribution in [0.4, 0.5) is 8.78 Å². The van der Waals surface area contributed by atoms with Gasteiger partial charge in [0, 0.05) is 28.2 Å². The van der Waals surface area contributed by atoms with Crippen molar-refractivity contribution in [3.63, 3.8) is 0 Å². The van der Waals surface area contributed by atoms with Crippen LogP contribution in [0.1, 0.15) is 44.4 Å². The van der Waals surface area contributed by atoms with E-state index in [1.54, 1.807) is 11.8 Å². The fourth-order valence-corrected chi connectivity index (χ4v) is 3.59. The zero-order valence-corrected chi connectivity index (χ0v) is 11.8. The molecule has 0 saturated carbocycles. The van der Waals surface area contributed by atoms with Crippen LogP contribution in [-0.2, 0) is 5.75 Å². The topological polar surface area (TPSA) is 12.0 Å². The lowest BCUT2D eigenvalue weighted by Gasteiger charge is -2.40. The Balaban J connectivity index is 2.43.